The number of rotatable bonds is 6. The highest BCUT2D eigenvalue weighted by Gasteiger charge is 2.15. The zero-order chi connectivity index (χ0) is 14.5. The monoisotopic (exact) mass is 280 g/mol. The van der Waals surface area contributed by atoms with E-state index in [0.29, 0.717) is 0 Å². The maximum Gasteiger partial charge on any atom is 0.105 e. The van der Waals surface area contributed by atoms with Crippen LogP contribution in [0.5, 0.6) is 0 Å². The van der Waals surface area contributed by atoms with Crippen molar-refractivity contribution in [3.8, 4) is 0 Å². The lowest BCUT2D eigenvalue weighted by molar-refractivity contribution is 0.450. The molecule has 2 heterocycles. The Bertz CT molecular complexity index is 686. The molecule has 3 nitrogen and oxygen atoms in total. The van der Waals surface area contributed by atoms with Gasteiger partial charge >= 0.3 is 0 Å². The highest BCUT2D eigenvalue weighted by Crippen LogP contribution is 2.26. The lowest BCUT2D eigenvalue weighted by atomic mass is 9.97. The average Bonchev–Trinajstić information content (AvgIpc) is 3.04. The van der Waals surface area contributed by atoms with Crippen LogP contribution in [0.4, 0.5) is 0 Å². The summed E-state index contributed by atoms with van der Waals surface area (Å²) in [4.78, 5) is 4.45. The number of nitrogens with zero attached hydrogens (tertiary/aromatic N) is 1. The molecule has 1 aromatic carbocycles. The van der Waals surface area contributed by atoms with E-state index in [1.807, 2.05) is 24.4 Å². The predicted molar refractivity (Wildman–Crippen MR) is 85.2 cm³/mol. The van der Waals surface area contributed by atoms with Gasteiger partial charge in [0, 0.05) is 24.0 Å². The second-order valence-electron chi connectivity index (χ2n) is 5.21. The van der Waals surface area contributed by atoms with Crippen molar-refractivity contribution in [2.75, 3.05) is 6.54 Å². The third kappa shape index (κ3) is 3.14. The summed E-state index contributed by atoms with van der Waals surface area (Å²) in [6, 6.07) is 14.7. The van der Waals surface area contributed by atoms with Crippen LogP contribution in [-0.2, 0) is 6.42 Å². The zero-order valence-corrected chi connectivity index (χ0v) is 12.3. The Morgan fingerprint density at radius 3 is 2.90 bits per heavy atom. The Kier molecular flexibility index (Phi) is 4.31. The summed E-state index contributed by atoms with van der Waals surface area (Å²) >= 11 is 0. The fourth-order valence-corrected chi connectivity index (χ4v) is 2.67. The summed E-state index contributed by atoms with van der Waals surface area (Å²) in [7, 11) is 0. The predicted octanol–water partition coefficient (Wildman–Crippen LogP) is 4.11. The van der Waals surface area contributed by atoms with Crippen molar-refractivity contribution in [1.29, 1.82) is 0 Å². The summed E-state index contributed by atoms with van der Waals surface area (Å²) in [5.74, 6) is 1.00. The molecule has 0 saturated heterocycles. The molecule has 0 fully saturated rings. The molecular weight excluding hydrogens is 260 g/mol. The third-order valence-corrected chi connectivity index (χ3v) is 3.68. The first-order chi connectivity index (χ1) is 10.4. The van der Waals surface area contributed by atoms with Gasteiger partial charge < -0.3 is 9.73 Å². The van der Waals surface area contributed by atoms with Gasteiger partial charge in [-0.25, -0.2) is 0 Å². The van der Waals surface area contributed by atoms with Crippen LogP contribution in [-0.4, -0.2) is 11.5 Å². The highest BCUT2D eigenvalue weighted by atomic mass is 16.3. The highest BCUT2D eigenvalue weighted by molar-refractivity contribution is 5.82. The van der Waals surface area contributed by atoms with Crippen LogP contribution in [0, 0.1) is 0 Å². The van der Waals surface area contributed by atoms with Crippen molar-refractivity contribution in [3.05, 3.63) is 66.2 Å². The van der Waals surface area contributed by atoms with Gasteiger partial charge in [-0.2, -0.15) is 0 Å². The minimum atomic E-state index is 0.240. The van der Waals surface area contributed by atoms with Gasteiger partial charge in [-0.15, -0.1) is 0 Å². The molecule has 0 spiro atoms. The van der Waals surface area contributed by atoms with Gasteiger partial charge in [0.2, 0.25) is 0 Å². The molecule has 1 unspecified atom stereocenters. The summed E-state index contributed by atoms with van der Waals surface area (Å²) in [5, 5.41) is 4.84. The first-order valence-electron chi connectivity index (χ1n) is 7.48. The molecule has 108 valence electrons. The lowest BCUT2D eigenvalue weighted by Gasteiger charge is -2.19. The van der Waals surface area contributed by atoms with E-state index >= 15 is 0 Å². The van der Waals surface area contributed by atoms with Crippen LogP contribution in [0.1, 0.15) is 30.7 Å². The smallest absolute Gasteiger partial charge is 0.105 e. The molecule has 0 bridgehead atoms. The van der Waals surface area contributed by atoms with Crippen molar-refractivity contribution in [3.63, 3.8) is 0 Å². The Morgan fingerprint density at radius 2 is 2.10 bits per heavy atom. The molecule has 3 rings (SSSR count). The molecule has 1 N–H and O–H groups in total. The van der Waals surface area contributed by atoms with Gasteiger partial charge in [0.1, 0.15) is 5.76 Å². The maximum atomic E-state index is 5.52. The number of nitrogens with one attached hydrogen (secondary N) is 1. The van der Waals surface area contributed by atoms with E-state index in [-0.39, 0.29) is 6.04 Å². The molecule has 21 heavy (non-hydrogen) atoms. The van der Waals surface area contributed by atoms with E-state index in [9.17, 15) is 0 Å². The summed E-state index contributed by atoms with van der Waals surface area (Å²) < 4.78 is 5.52. The SMILES string of the molecule is CCCNC(Cc1ccco1)c1cccc2ncccc12. The van der Waals surface area contributed by atoms with Crippen molar-refractivity contribution in [2.45, 2.75) is 25.8 Å². The number of hydrogen-bond acceptors (Lipinski definition) is 3. The van der Waals surface area contributed by atoms with Gasteiger partial charge in [-0.05, 0) is 42.8 Å². The first-order valence-corrected chi connectivity index (χ1v) is 7.48. The van der Waals surface area contributed by atoms with Crippen molar-refractivity contribution >= 4 is 10.9 Å². The maximum absolute atomic E-state index is 5.52. The van der Waals surface area contributed by atoms with E-state index in [4.69, 9.17) is 4.42 Å². The quantitative estimate of drug-likeness (QED) is 0.738. The Balaban J connectivity index is 1.97. The molecule has 0 saturated carbocycles. The van der Waals surface area contributed by atoms with E-state index < -0.39 is 0 Å². The molecule has 0 radical (unpaired) electrons. The Labute approximate surface area is 125 Å². The van der Waals surface area contributed by atoms with Crippen LogP contribution >= 0.6 is 0 Å². The number of furan rings is 1. The Hall–Kier alpha value is -2.13. The van der Waals surface area contributed by atoms with E-state index in [1.165, 1.54) is 10.9 Å². The Morgan fingerprint density at radius 1 is 1.14 bits per heavy atom. The molecule has 0 aliphatic heterocycles. The first kappa shape index (κ1) is 13.8. The average molecular weight is 280 g/mol. The lowest BCUT2D eigenvalue weighted by Crippen LogP contribution is -2.24. The molecule has 3 aromatic rings. The molecule has 1 atom stereocenters. The number of benzene rings is 1. The second-order valence-corrected chi connectivity index (χ2v) is 5.21. The number of pyridine rings is 1. The molecule has 2 aromatic heterocycles. The number of aromatic nitrogens is 1. The number of fused-ring (bicyclic) bond motifs is 1. The topological polar surface area (TPSA) is 38.1 Å². The van der Waals surface area contributed by atoms with Gasteiger partial charge in [0.05, 0.1) is 11.8 Å². The van der Waals surface area contributed by atoms with Crippen LogP contribution in [0.2, 0.25) is 0 Å². The zero-order valence-electron chi connectivity index (χ0n) is 12.3. The van der Waals surface area contributed by atoms with Crippen molar-refractivity contribution in [2.24, 2.45) is 0 Å². The molecule has 3 heteroatoms. The van der Waals surface area contributed by atoms with E-state index in [0.717, 1.165) is 30.7 Å². The third-order valence-electron chi connectivity index (χ3n) is 3.68. The van der Waals surface area contributed by atoms with Gasteiger partial charge in [-0.1, -0.05) is 25.1 Å². The van der Waals surface area contributed by atoms with Crippen LogP contribution < -0.4 is 5.32 Å². The van der Waals surface area contributed by atoms with Crippen LogP contribution in [0.3, 0.4) is 0 Å². The fraction of sp³-hybridized carbons (Fsp3) is 0.278. The van der Waals surface area contributed by atoms with E-state index in [2.05, 4.69) is 41.5 Å². The standard InChI is InChI=1S/C18H20N2O/c1-2-10-19-18(13-14-6-5-12-21-14)16-7-3-9-17-15(16)8-4-11-20-17/h3-9,11-12,18-19H,2,10,13H2,1H3. The van der Waals surface area contributed by atoms with Crippen molar-refractivity contribution < 1.29 is 4.42 Å². The molecule has 0 amide bonds. The van der Waals surface area contributed by atoms with Crippen LogP contribution in [0.25, 0.3) is 10.9 Å². The normalized spacial score (nSPS) is 12.6. The van der Waals surface area contributed by atoms with Gasteiger partial charge in [0.15, 0.2) is 0 Å². The van der Waals surface area contributed by atoms with Crippen LogP contribution in [0.15, 0.2) is 59.3 Å². The second kappa shape index (κ2) is 6.55. The summed E-state index contributed by atoms with van der Waals surface area (Å²) in [6.45, 7) is 3.17. The summed E-state index contributed by atoms with van der Waals surface area (Å²) in [6.07, 6.45) is 5.53. The molecular formula is C18H20N2O. The summed E-state index contributed by atoms with van der Waals surface area (Å²) in [5.41, 5.74) is 2.32. The van der Waals surface area contributed by atoms with Crippen molar-refractivity contribution in [1.82, 2.24) is 10.3 Å². The molecule has 0 aliphatic rings. The van der Waals surface area contributed by atoms with Gasteiger partial charge in [0.25, 0.3) is 0 Å². The molecule has 0 aliphatic carbocycles. The number of hydrogen-bond donors (Lipinski definition) is 1. The minimum absolute atomic E-state index is 0.240. The largest absolute Gasteiger partial charge is 0.469 e. The van der Waals surface area contributed by atoms with Gasteiger partial charge in [-0.3, -0.25) is 4.98 Å². The fourth-order valence-electron chi connectivity index (χ4n) is 2.67. The van der Waals surface area contributed by atoms with E-state index in [1.54, 1.807) is 6.26 Å². The minimum Gasteiger partial charge on any atom is -0.469 e.